The molecule has 2 aliphatic heterocycles. The predicted octanol–water partition coefficient (Wildman–Crippen LogP) is -1.57. The van der Waals surface area contributed by atoms with Crippen LogP contribution in [0.15, 0.2) is 0 Å². The molecule has 0 aromatic rings. The van der Waals surface area contributed by atoms with Crippen molar-refractivity contribution in [1.29, 1.82) is 0 Å². The minimum atomic E-state index is 0.374. The Morgan fingerprint density at radius 3 is 2.14 bits per heavy atom. The summed E-state index contributed by atoms with van der Waals surface area (Å²) in [5.74, 6) is 0. The molecule has 2 rings (SSSR count). The summed E-state index contributed by atoms with van der Waals surface area (Å²) < 4.78 is 2.68. The third kappa shape index (κ3) is 2.09. The standard InChI is InChI=1S/C11H22IN2/c1-10(2)13-6-4-11(5-7-13)8-14(9-11)12-3/h10H,4-9H2,1-3H3/q-1. The first-order chi connectivity index (χ1) is 6.65. The molecule has 2 saturated heterocycles. The third-order valence-electron chi connectivity index (χ3n) is 3.84. The van der Waals surface area contributed by atoms with E-state index < -0.39 is 0 Å². The summed E-state index contributed by atoms with van der Waals surface area (Å²) in [5.41, 5.74) is 0.751. The van der Waals surface area contributed by atoms with Crippen molar-refractivity contribution in [1.82, 2.24) is 8.01 Å². The van der Waals surface area contributed by atoms with Crippen molar-refractivity contribution in [3.05, 3.63) is 0 Å². The maximum absolute atomic E-state index is 2.68. The molecule has 2 heterocycles. The summed E-state index contributed by atoms with van der Waals surface area (Å²) in [5, 5.41) is 0. The van der Waals surface area contributed by atoms with E-state index in [4.69, 9.17) is 0 Å². The molecule has 2 nitrogen and oxygen atoms in total. The summed E-state index contributed by atoms with van der Waals surface area (Å²) in [7, 11) is 0. The quantitative estimate of drug-likeness (QED) is 0.345. The van der Waals surface area contributed by atoms with Crippen LogP contribution in [0.3, 0.4) is 0 Å². The second kappa shape index (κ2) is 4.26. The molecule has 0 aliphatic carbocycles. The SMILES string of the molecule is C[I-]N1CC2(CCN(C(C)C)CC2)C1. The van der Waals surface area contributed by atoms with Crippen LogP contribution in [0.4, 0.5) is 0 Å². The molecular formula is C11H22IN2-. The van der Waals surface area contributed by atoms with Gasteiger partial charge in [-0.3, -0.25) is 0 Å². The third-order valence-corrected chi connectivity index (χ3v) is 5.89. The van der Waals surface area contributed by atoms with Gasteiger partial charge in [-0.2, -0.15) is 0 Å². The van der Waals surface area contributed by atoms with Crippen LogP contribution >= 0.6 is 0 Å². The van der Waals surface area contributed by atoms with Gasteiger partial charge in [0.15, 0.2) is 0 Å². The molecule has 84 valence electrons. The van der Waals surface area contributed by atoms with Crippen molar-refractivity contribution in [3.63, 3.8) is 0 Å². The molecule has 2 aliphatic rings. The second-order valence-electron chi connectivity index (χ2n) is 5.08. The molecule has 0 N–H and O–H groups in total. The number of hydrogen-bond donors (Lipinski definition) is 0. The van der Waals surface area contributed by atoms with E-state index in [1.807, 2.05) is 0 Å². The number of piperidine rings is 1. The van der Waals surface area contributed by atoms with Crippen LogP contribution in [0.1, 0.15) is 26.7 Å². The number of alkyl halides is 1. The Labute approximate surface area is 98.6 Å². The van der Waals surface area contributed by atoms with E-state index in [0.717, 1.165) is 11.5 Å². The Hall–Kier alpha value is 0.650. The predicted molar refractivity (Wildman–Crippen MR) is 55.9 cm³/mol. The Balaban J connectivity index is 1.80. The molecule has 0 aromatic carbocycles. The van der Waals surface area contributed by atoms with Gasteiger partial charge in [0, 0.05) is 0 Å². The molecule has 14 heavy (non-hydrogen) atoms. The molecular weight excluding hydrogens is 287 g/mol. The average molecular weight is 309 g/mol. The molecule has 0 radical (unpaired) electrons. The van der Waals surface area contributed by atoms with Crippen molar-refractivity contribution >= 4 is 0 Å². The number of hydrogen-bond acceptors (Lipinski definition) is 2. The summed E-state index contributed by atoms with van der Waals surface area (Å²) >= 11 is 0.374. The number of nitrogens with zero attached hydrogens (tertiary/aromatic N) is 2. The van der Waals surface area contributed by atoms with Crippen LogP contribution in [0.2, 0.25) is 0 Å². The van der Waals surface area contributed by atoms with E-state index >= 15 is 0 Å². The monoisotopic (exact) mass is 309 g/mol. The van der Waals surface area contributed by atoms with Gasteiger partial charge in [-0.25, -0.2) is 0 Å². The molecule has 0 aromatic heterocycles. The van der Waals surface area contributed by atoms with Gasteiger partial charge in [-0.15, -0.1) is 0 Å². The van der Waals surface area contributed by atoms with Crippen molar-refractivity contribution in [2.45, 2.75) is 32.7 Å². The first kappa shape index (κ1) is 11.1. The van der Waals surface area contributed by atoms with Crippen LogP contribution in [-0.4, -0.2) is 45.2 Å². The fourth-order valence-electron chi connectivity index (χ4n) is 2.63. The van der Waals surface area contributed by atoms with E-state index in [2.05, 4.69) is 26.8 Å². The molecule has 0 bridgehead atoms. The minimum absolute atomic E-state index is 0.374. The number of likely N-dealkylation sites (tertiary alicyclic amines) is 1. The second-order valence-corrected chi connectivity index (χ2v) is 7.41. The molecule has 0 atom stereocenters. The summed E-state index contributed by atoms with van der Waals surface area (Å²) in [4.78, 5) is 5.02. The van der Waals surface area contributed by atoms with Gasteiger partial charge in [0.05, 0.1) is 0 Å². The van der Waals surface area contributed by atoms with Crippen molar-refractivity contribution in [2.75, 3.05) is 31.1 Å². The van der Waals surface area contributed by atoms with Crippen LogP contribution in [-0.2, 0) is 0 Å². The molecule has 0 saturated carbocycles. The molecule has 1 spiro atoms. The molecule has 0 amide bonds. The number of halogens is 1. The van der Waals surface area contributed by atoms with Crippen molar-refractivity contribution in [2.24, 2.45) is 5.41 Å². The normalized spacial score (nSPS) is 28.6. The van der Waals surface area contributed by atoms with Crippen molar-refractivity contribution < 1.29 is 21.5 Å². The van der Waals surface area contributed by atoms with Crippen LogP contribution in [0, 0.1) is 5.41 Å². The van der Waals surface area contributed by atoms with Crippen molar-refractivity contribution in [3.8, 4) is 0 Å². The van der Waals surface area contributed by atoms with Gasteiger partial charge >= 0.3 is 98.7 Å². The van der Waals surface area contributed by atoms with E-state index in [1.54, 1.807) is 0 Å². The van der Waals surface area contributed by atoms with Crippen LogP contribution in [0.5, 0.6) is 0 Å². The zero-order valence-corrected chi connectivity index (χ0v) is 11.7. The van der Waals surface area contributed by atoms with Gasteiger partial charge < -0.3 is 0 Å². The zero-order chi connectivity index (χ0) is 10.2. The fraction of sp³-hybridized carbons (Fsp3) is 1.00. The maximum atomic E-state index is 2.68. The van der Waals surface area contributed by atoms with E-state index in [0.29, 0.717) is 21.5 Å². The van der Waals surface area contributed by atoms with Gasteiger partial charge in [0.1, 0.15) is 0 Å². The molecule has 3 heteroatoms. The summed E-state index contributed by atoms with van der Waals surface area (Å²) in [6.07, 6.45) is 2.90. The molecule has 2 fully saturated rings. The molecule has 0 unspecified atom stereocenters. The van der Waals surface area contributed by atoms with E-state index in [9.17, 15) is 0 Å². The van der Waals surface area contributed by atoms with E-state index in [1.165, 1.54) is 39.0 Å². The summed E-state index contributed by atoms with van der Waals surface area (Å²) in [6, 6.07) is 0.752. The zero-order valence-electron chi connectivity index (χ0n) is 9.59. The first-order valence-electron chi connectivity index (χ1n) is 5.64. The average Bonchev–Trinajstić information content (AvgIpc) is 2.14. The van der Waals surface area contributed by atoms with E-state index in [-0.39, 0.29) is 0 Å². The van der Waals surface area contributed by atoms with Gasteiger partial charge in [0.25, 0.3) is 0 Å². The van der Waals surface area contributed by atoms with Gasteiger partial charge in [-0.1, -0.05) is 0 Å². The van der Waals surface area contributed by atoms with Gasteiger partial charge in [-0.05, 0) is 0 Å². The fourth-order valence-corrected chi connectivity index (χ4v) is 4.76. The van der Waals surface area contributed by atoms with Crippen LogP contribution in [0.25, 0.3) is 0 Å². The van der Waals surface area contributed by atoms with Gasteiger partial charge in [0.2, 0.25) is 0 Å². The Bertz CT molecular complexity index is 189. The number of rotatable bonds is 2. The Kier molecular flexibility index (Phi) is 3.39. The topological polar surface area (TPSA) is 6.48 Å². The summed E-state index contributed by atoms with van der Waals surface area (Å²) in [6.45, 7) is 10.2. The first-order valence-corrected chi connectivity index (χ1v) is 8.76. The Morgan fingerprint density at radius 2 is 1.71 bits per heavy atom. The Morgan fingerprint density at radius 1 is 1.14 bits per heavy atom. The van der Waals surface area contributed by atoms with Crippen LogP contribution < -0.4 is 21.5 Å².